The van der Waals surface area contributed by atoms with E-state index in [0.717, 1.165) is 24.3 Å². The number of nitrogens with one attached hydrogen (secondary N) is 2. The number of imide groups is 1. The van der Waals surface area contributed by atoms with Gasteiger partial charge in [-0.2, -0.15) is 0 Å². The number of sulfonamides is 1. The van der Waals surface area contributed by atoms with E-state index >= 15 is 0 Å². The molecule has 0 aliphatic rings. The molecule has 0 heterocycles. The monoisotopic (exact) mass is 395 g/mol. The molecule has 0 radical (unpaired) electrons. The van der Waals surface area contributed by atoms with Crippen molar-refractivity contribution in [3.8, 4) is 0 Å². The summed E-state index contributed by atoms with van der Waals surface area (Å²) in [6.45, 7) is -0.708. The second-order valence-corrected chi connectivity index (χ2v) is 6.81. The minimum absolute atomic E-state index is 0.0478. The van der Waals surface area contributed by atoms with Crippen molar-refractivity contribution in [3.05, 3.63) is 59.9 Å². The Labute approximate surface area is 153 Å². The number of nitrogens with two attached hydrogens (primary N) is 1. The fraction of sp³-hybridized carbons (Fsp3) is 0.0625. The first kappa shape index (κ1) is 19.8. The molecule has 0 atom stereocenters. The lowest BCUT2D eigenvalue weighted by molar-refractivity contribution is -0.123. The van der Waals surface area contributed by atoms with Gasteiger partial charge in [-0.3, -0.25) is 14.8 Å². The number of hydrogen-bond donors (Lipinski definition) is 3. The molecule has 27 heavy (non-hydrogen) atoms. The summed E-state index contributed by atoms with van der Waals surface area (Å²) in [5.41, 5.74) is 4.94. The van der Waals surface area contributed by atoms with Crippen LogP contribution in [0.4, 0.5) is 14.9 Å². The van der Waals surface area contributed by atoms with Gasteiger partial charge in [0.2, 0.25) is 0 Å². The van der Waals surface area contributed by atoms with Crippen LogP contribution >= 0.6 is 0 Å². The van der Waals surface area contributed by atoms with Gasteiger partial charge in [-0.05, 0) is 48.5 Å². The van der Waals surface area contributed by atoms with Crippen LogP contribution in [-0.4, -0.2) is 32.9 Å². The molecule has 2 aromatic rings. The minimum atomic E-state index is -3.93. The zero-order chi connectivity index (χ0) is 20.0. The number of esters is 1. The summed E-state index contributed by atoms with van der Waals surface area (Å²) < 4.78 is 44.2. The Hall–Kier alpha value is -3.47. The molecule has 0 unspecified atom stereocenters. The van der Waals surface area contributed by atoms with Crippen LogP contribution in [-0.2, 0) is 19.6 Å². The largest absolute Gasteiger partial charge is 0.452 e. The standard InChI is InChI=1S/C16H14FN3O6S/c17-11-3-7-13(8-4-11)27(24,25)20-12-5-1-10(2-6-12)15(22)26-9-14(21)19-16(18)23/h1-8,20H,9H2,(H3,18,19,21,23). The lowest BCUT2D eigenvalue weighted by Crippen LogP contribution is -2.37. The second-order valence-electron chi connectivity index (χ2n) is 5.13. The van der Waals surface area contributed by atoms with Gasteiger partial charge < -0.3 is 10.5 Å². The van der Waals surface area contributed by atoms with Gasteiger partial charge in [-0.15, -0.1) is 0 Å². The highest BCUT2D eigenvalue weighted by molar-refractivity contribution is 7.92. The lowest BCUT2D eigenvalue weighted by atomic mass is 10.2. The van der Waals surface area contributed by atoms with Crippen LogP contribution in [0, 0.1) is 5.82 Å². The second kappa shape index (κ2) is 8.27. The van der Waals surface area contributed by atoms with E-state index in [2.05, 4.69) is 9.46 Å². The number of halogens is 1. The van der Waals surface area contributed by atoms with Gasteiger partial charge in [0, 0.05) is 5.69 Å². The Morgan fingerprint density at radius 1 is 1.00 bits per heavy atom. The molecule has 4 N–H and O–H groups in total. The topological polar surface area (TPSA) is 145 Å². The summed E-state index contributed by atoms with van der Waals surface area (Å²) in [5.74, 6) is -2.32. The third kappa shape index (κ3) is 5.78. The zero-order valence-electron chi connectivity index (χ0n) is 13.6. The van der Waals surface area contributed by atoms with E-state index in [4.69, 9.17) is 5.73 Å². The third-order valence-corrected chi connectivity index (χ3v) is 4.49. The number of hydrogen-bond acceptors (Lipinski definition) is 6. The lowest BCUT2D eigenvalue weighted by Gasteiger charge is -2.09. The summed E-state index contributed by atoms with van der Waals surface area (Å²) in [7, 11) is -3.93. The van der Waals surface area contributed by atoms with E-state index in [1.807, 2.05) is 0 Å². The Kier molecular flexibility index (Phi) is 6.08. The molecular formula is C16H14FN3O6S. The molecule has 0 aliphatic heterocycles. The van der Waals surface area contributed by atoms with Crippen molar-refractivity contribution < 1.29 is 31.9 Å². The molecule has 0 fully saturated rings. The number of carbonyl (C=O) groups excluding carboxylic acids is 3. The van der Waals surface area contributed by atoms with Crippen molar-refractivity contribution in [2.75, 3.05) is 11.3 Å². The molecule has 2 aromatic carbocycles. The number of ether oxygens (including phenoxy) is 1. The zero-order valence-corrected chi connectivity index (χ0v) is 14.5. The summed E-state index contributed by atoms with van der Waals surface area (Å²) in [6, 6.07) is 8.34. The maximum absolute atomic E-state index is 12.9. The molecule has 0 saturated carbocycles. The SMILES string of the molecule is NC(=O)NC(=O)COC(=O)c1ccc(NS(=O)(=O)c2ccc(F)cc2)cc1. The van der Waals surface area contributed by atoms with E-state index in [1.54, 1.807) is 5.32 Å². The molecule has 142 valence electrons. The molecule has 0 saturated heterocycles. The van der Waals surface area contributed by atoms with Crippen LogP contribution in [0.5, 0.6) is 0 Å². The van der Waals surface area contributed by atoms with Crippen molar-refractivity contribution in [2.24, 2.45) is 5.73 Å². The molecule has 0 bridgehead atoms. The molecule has 0 aromatic heterocycles. The Morgan fingerprint density at radius 3 is 2.15 bits per heavy atom. The number of carbonyl (C=O) groups is 3. The van der Waals surface area contributed by atoms with E-state index in [1.165, 1.54) is 24.3 Å². The summed E-state index contributed by atoms with van der Waals surface area (Å²) >= 11 is 0. The molecule has 9 nitrogen and oxygen atoms in total. The van der Waals surface area contributed by atoms with E-state index in [-0.39, 0.29) is 16.1 Å². The average Bonchev–Trinajstić information content (AvgIpc) is 2.60. The van der Waals surface area contributed by atoms with Crippen molar-refractivity contribution in [2.45, 2.75) is 4.90 Å². The van der Waals surface area contributed by atoms with Gasteiger partial charge in [-0.1, -0.05) is 0 Å². The van der Waals surface area contributed by atoms with E-state index < -0.39 is 40.4 Å². The molecule has 0 aliphatic carbocycles. The van der Waals surface area contributed by atoms with Crippen molar-refractivity contribution in [1.29, 1.82) is 0 Å². The number of anilines is 1. The van der Waals surface area contributed by atoms with Crippen molar-refractivity contribution >= 4 is 33.6 Å². The molecular weight excluding hydrogens is 381 g/mol. The van der Waals surface area contributed by atoms with Crippen LogP contribution < -0.4 is 15.8 Å². The number of amides is 3. The van der Waals surface area contributed by atoms with Gasteiger partial charge in [0.05, 0.1) is 10.5 Å². The summed E-state index contributed by atoms with van der Waals surface area (Å²) in [5, 5.41) is 1.73. The normalized spacial score (nSPS) is 10.7. The highest BCUT2D eigenvalue weighted by atomic mass is 32.2. The van der Waals surface area contributed by atoms with Crippen molar-refractivity contribution in [1.82, 2.24) is 5.32 Å². The highest BCUT2D eigenvalue weighted by Crippen LogP contribution is 2.17. The molecule has 3 amide bonds. The maximum Gasteiger partial charge on any atom is 0.338 e. The summed E-state index contributed by atoms with van der Waals surface area (Å²) in [4.78, 5) is 33.3. The van der Waals surface area contributed by atoms with Crippen LogP contribution in [0.25, 0.3) is 0 Å². The van der Waals surface area contributed by atoms with Crippen LogP contribution in [0.3, 0.4) is 0 Å². The first-order valence-electron chi connectivity index (χ1n) is 7.32. The fourth-order valence-corrected chi connectivity index (χ4v) is 2.95. The number of benzene rings is 2. The van der Waals surface area contributed by atoms with Crippen LogP contribution in [0.1, 0.15) is 10.4 Å². The minimum Gasteiger partial charge on any atom is -0.452 e. The van der Waals surface area contributed by atoms with E-state index in [0.29, 0.717) is 0 Å². The smallest absolute Gasteiger partial charge is 0.338 e. The Bertz CT molecular complexity index is 959. The highest BCUT2D eigenvalue weighted by Gasteiger charge is 2.15. The number of primary amides is 1. The average molecular weight is 395 g/mol. The quantitative estimate of drug-likeness (QED) is 0.622. The van der Waals surface area contributed by atoms with Crippen LogP contribution in [0.15, 0.2) is 53.4 Å². The fourth-order valence-electron chi connectivity index (χ4n) is 1.89. The molecule has 2 rings (SSSR count). The first-order valence-corrected chi connectivity index (χ1v) is 8.80. The predicted molar refractivity (Wildman–Crippen MR) is 91.7 cm³/mol. The van der Waals surface area contributed by atoms with Gasteiger partial charge in [-0.25, -0.2) is 22.4 Å². The predicted octanol–water partition coefficient (Wildman–Crippen LogP) is 0.978. The first-order chi connectivity index (χ1) is 12.7. The van der Waals surface area contributed by atoms with Gasteiger partial charge in [0.1, 0.15) is 5.82 Å². The van der Waals surface area contributed by atoms with Crippen LogP contribution in [0.2, 0.25) is 0 Å². The van der Waals surface area contributed by atoms with Gasteiger partial charge in [0.25, 0.3) is 15.9 Å². The summed E-state index contributed by atoms with van der Waals surface area (Å²) in [6.07, 6.45) is 0. The third-order valence-electron chi connectivity index (χ3n) is 3.09. The number of rotatable bonds is 6. The van der Waals surface area contributed by atoms with Gasteiger partial charge >= 0.3 is 12.0 Å². The van der Waals surface area contributed by atoms with Crippen molar-refractivity contribution in [3.63, 3.8) is 0 Å². The Morgan fingerprint density at radius 2 is 1.59 bits per heavy atom. The van der Waals surface area contributed by atoms with E-state index in [9.17, 15) is 27.2 Å². The number of urea groups is 1. The Balaban J connectivity index is 2.00. The van der Waals surface area contributed by atoms with Gasteiger partial charge in [0.15, 0.2) is 6.61 Å². The molecule has 0 spiro atoms. The maximum atomic E-state index is 12.9. The molecule has 11 heteroatoms.